The number of amides is 2. The van der Waals surface area contributed by atoms with Crippen molar-refractivity contribution in [2.75, 3.05) is 13.1 Å². The van der Waals surface area contributed by atoms with Gasteiger partial charge in [-0.15, -0.1) is 5.10 Å². The molecule has 1 fully saturated rings. The Bertz CT molecular complexity index is 448. The van der Waals surface area contributed by atoms with Gasteiger partial charge < -0.3 is 15.7 Å². The molecule has 0 bridgehead atoms. The predicted molar refractivity (Wildman–Crippen MR) is 69.9 cm³/mol. The highest BCUT2D eigenvalue weighted by molar-refractivity contribution is 5.74. The lowest BCUT2D eigenvalue weighted by Crippen LogP contribution is -2.40. The lowest BCUT2D eigenvalue weighted by atomic mass is 9.96. The number of hydrogen-bond acceptors (Lipinski definition) is 4. The van der Waals surface area contributed by atoms with E-state index < -0.39 is 5.97 Å². The van der Waals surface area contributed by atoms with Crippen molar-refractivity contribution in [1.29, 1.82) is 0 Å². The fraction of sp³-hybridized carbons (Fsp3) is 0.667. The smallest absolute Gasteiger partial charge is 0.314 e. The number of rotatable bonds is 6. The zero-order valence-electron chi connectivity index (χ0n) is 11.2. The fourth-order valence-corrected chi connectivity index (χ4v) is 2.53. The average Bonchev–Trinajstić information content (AvgIpc) is 3.07. The maximum Gasteiger partial charge on any atom is 0.314 e. The number of carboxylic acids is 1. The van der Waals surface area contributed by atoms with Gasteiger partial charge in [0.25, 0.3) is 0 Å². The SMILES string of the molecule is O=C(NCCn1ccnn1)NCC1CCCC1C(=O)O. The Morgan fingerprint density at radius 1 is 1.35 bits per heavy atom. The minimum atomic E-state index is -0.763. The van der Waals surface area contributed by atoms with E-state index in [1.807, 2.05) is 0 Å². The lowest BCUT2D eigenvalue weighted by molar-refractivity contribution is -0.142. The molecular formula is C12H19N5O3. The second-order valence-electron chi connectivity index (χ2n) is 4.94. The standard InChI is InChI=1S/C12H19N5O3/c18-11(19)10-3-1-2-9(10)8-14-12(20)13-4-6-17-7-5-15-16-17/h5,7,9-10H,1-4,6,8H2,(H,18,19)(H2,13,14,20). The Kier molecular flexibility index (Phi) is 4.91. The first-order chi connectivity index (χ1) is 9.66. The summed E-state index contributed by atoms with van der Waals surface area (Å²) in [5.41, 5.74) is 0. The monoisotopic (exact) mass is 281 g/mol. The molecule has 2 rings (SSSR count). The molecule has 0 aromatic carbocycles. The topological polar surface area (TPSA) is 109 Å². The van der Waals surface area contributed by atoms with E-state index in [0.717, 1.165) is 12.8 Å². The van der Waals surface area contributed by atoms with Crippen LogP contribution in [0.15, 0.2) is 12.4 Å². The quantitative estimate of drug-likeness (QED) is 0.684. The van der Waals surface area contributed by atoms with Gasteiger partial charge in [-0.3, -0.25) is 9.48 Å². The molecular weight excluding hydrogens is 262 g/mol. The summed E-state index contributed by atoms with van der Waals surface area (Å²) in [6.07, 6.45) is 5.77. The molecule has 20 heavy (non-hydrogen) atoms. The van der Waals surface area contributed by atoms with Gasteiger partial charge in [-0.05, 0) is 18.8 Å². The molecule has 0 aliphatic heterocycles. The molecule has 0 saturated heterocycles. The van der Waals surface area contributed by atoms with Crippen molar-refractivity contribution in [2.24, 2.45) is 11.8 Å². The third-order valence-electron chi connectivity index (χ3n) is 3.60. The molecule has 8 heteroatoms. The van der Waals surface area contributed by atoms with E-state index in [1.54, 1.807) is 17.1 Å². The Balaban J connectivity index is 1.63. The summed E-state index contributed by atoms with van der Waals surface area (Å²) in [5.74, 6) is -1.06. The van der Waals surface area contributed by atoms with Gasteiger partial charge in [-0.25, -0.2) is 4.79 Å². The third-order valence-corrected chi connectivity index (χ3v) is 3.60. The van der Waals surface area contributed by atoms with E-state index >= 15 is 0 Å². The molecule has 2 atom stereocenters. The van der Waals surface area contributed by atoms with E-state index in [4.69, 9.17) is 5.11 Å². The predicted octanol–water partition coefficient (Wildman–Crippen LogP) is 0.0782. The Morgan fingerprint density at radius 2 is 2.20 bits per heavy atom. The van der Waals surface area contributed by atoms with E-state index in [0.29, 0.717) is 26.1 Å². The van der Waals surface area contributed by atoms with Gasteiger partial charge in [0.1, 0.15) is 0 Å². The number of hydrogen-bond donors (Lipinski definition) is 3. The molecule has 0 spiro atoms. The van der Waals surface area contributed by atoms with Gasteiger partial charge in [0.05, 0.1) is 18.7 Å². The van der Waals surface area contributed by atoms with Gasteiger partial charge >= 0.3 is 12.0 Å². The van der Waals surface area contributed by atoms with Crippen LogP contribution in [-0.2, 0) is 11.3 Å². The number of aliphatic carboxylic acids is 1. The van der Waals surface area contributed by atoms with Crippen molar-refractivity contribution in [3.63, 3.8) is 0 Å². The normalized spacial score (nSPS) is 21.6. The van der Waals surface area contributed by atoms with Crippen LogP contribution in [0.2, 0.25) is 0 Å². The number of nitrogens with one attached hydrogen (secondary N) is 2. The van der Waals surface area contributed by atoms with Crippen LogP contribution in [-0.4, -0.2) is 45.2 Å². The van der Waals surface area contributed by atoms with Crippen molar-refractivity contribution in [3.8, 4) is 0 Å². The van der Waals surface area contributed by atoms with Crippen molar-refractivity contribution < 1.29 is 14.7 Å². The molecule has 3 N–H and O–H groups in total. The summed E-state index contributed by atoms with van der Waals surface area (Å²) in [5, 5.41) is 21.9. The van der Waals surface area contributed by atoms with Crippen LogP contribution < -0.4 is 10.6 Å². The Hall–Kier alpha value is -2.12. The van der Waals surface area contributed by atoms with Crippen LogP contribution in [0.1, 0.15) is 19.3 Å². The molecule has 1 aromatic rings. The van der Waals surface area contributed by atoms with Crippen molar-refractivity contribution in [2.45, 2.75) is 25.8 Å². The lowest BCUT2D eigenvalue weighted by Gasteiger charge is -2.16. The van der Waals surface area contributed by atoms with Crippen molar-refractivity contribution in [1.82, 2.24) is 25.6 Å². The van der Waals surface area contributed by atoms with Gasteiger partial charge in [0, 0.05) is 19.3 Å². The zero-order chi connectivity index (χ0) is 14.4. The van der Waals surface area contributed by atoms with E-state index in [2.05, 4.69) is 20.9 Å². The van der Waals surface area contributed by atoms with Crippen LogP contribution in [0.25, 0.3) is 0 Å². The molecule has 0 radical (unpaired) electrons. The summed E-state index contributed by atoms with van der Waals surface area (Å²) in [4.78, 5) is 22.6. The van der Waals surface area contributed by atoms with Crippen LogP contribution in [0, 0.1) is 11.8 Å². The largest absolute Gasteiger partial charge is 0.481 e. The molecule has 1 aliphatic carbocycles. The highest BCUT2D eigenvalue weighted by Gasteiger charge is 2.32. The van der Waals surface area contributed by atoms with Crippen molar-refractivity contribution >= 4 is 12.0 Å². The fourth-order valence-electron chi connectivity index (χ4n) is 2.53. The zero-order valence-corrected chi connectivity index (χ0v) is 11.2. The Labute approximate surface area is 116 Å². The minimum absolute atomic E-state index is 0.0357. The minimum Gasteiger partial charge on any atom is -0.481 e. The molecule has 1 aromatic heterocycles. The summed E-state index contributed by atoms with van der Waals surface area (Å²) in [6, 6.07) is -0.277. The van der Waals surface area contributed by atoms with Crippen LogP contribution >= 0.6 is 0 Å². The second kappa shape index (κ2) is 6.88. The highest BCUT2D eigenvalue weighted by atomic mass is 16.4. The van der Waals surface area contributed by atoms with E-state index in [-0.39, 0.29) is 17.9 Å². The number of nitrogens with zero attached hydrogens (tertiary/aromatic N) is 3. The molecule has 1 saturated carbocycles. The first-order valence-electron chi connectivity index (χ1n) is 6.75. The summed E-state index contributed by atoms with van der Waals surface area (Å²) < 4.78 is 1.62. The number of aromatic nitrogens is 3. The highest BCUT2D eigenvalue weighted by Crippen LogP contribution is 2.31. The number of urea groups is 1. The number of carbonyl (C=O) groups is 2. The first-order valence-corrected chi connectivity index (χ1v) is 6.75. The first kappa shape index (κ1) is 14.3. The summed E-state index contributed by atoms with van der Waals surface area (Å²) in [7, 11) is 0. The Morgan fingerprint density at radius 3 is 2.90 bits per heavy atom. The summed E-state index contributed by atoms with van der Waals surface area (Å²) in [6.45, 7) is 1.41. The van der Waals surface area contributed by atoms with Crippen LogP contribution in [0.3, 0.4) is 0 Å². The average molecular weight is 281 g/mol. The summed E-state index contributed by atoms with van der Waals surface area (Å²) >= 11 is 0. The molecule has 2 unspecified atom stereocenters. The molecule has 1 aliphatic rings. The number of carboxylic acid groups (broad SMARTS) is 1. The maximum absolute atomic E-state index is 11.6. The van der Waals surface area contributed by atoms with Gasteiger partial charge in [-0.2, -0.15) is 0 Å². The van der Waals surface area contributed by atoms with Crippen molar-refractivity contribution in [3.05, 3.63) is 12.4 Å². The third kappa shape index (κ3) is 3.94. The van der Waals surface area contributed by atoms with Crippen LogP contribution in [0.5, 0.6) is 0 Å². The van der Waals surface area contributed by atoms with Gasteiger partial charge in [-0.1, -0.05) is 11.6 Å². The van der Waals surface area contributed by atoms with Gasteiger partial charge in [0.15, 0.2) is 0 Å². The maximum atomic E-state index is 11.6. The van der Waals surface area contributed by atoms with Gasteiger partial charge in [0.2, 0.25) is 0 Å². The molecule has 2 amide bonds. The second-order valence-corrected chi connectivity index (χ2v) is 4.94. The number of carbonyl (C=O) groups excluding carboxylic acids is 1. The molecule has 1 heterocycles. The van der Waals surface area contributed by atoms with Crippen LogP contribution in [0.4, 0.5) is 4.79 Å². The molecule has 8 nitrogen and oxygen atoms in total. The van der Waals surface area contributed by atoms with E-state index in [9.17, 15) is 9.59 Å². The molecule has 110 valence electrons. The van der Waals surface area contributed by atoms with E-state index in [1.165, 1.54) is 0 Å².